The molecule has 0 heterocycles. The number of rotatable bonds is 4. The molecular weight excluding hydrogens is 170 g/mol. The summed E-state index contributed by atoms with van der Waals surface area (Å²) in [6, 6.07) is 0.326. The topological polar surface area (TPSA) is 12.4 Å². The Labute approximate surface area is 87.6 Å². The molecule has 0 amide bonds. The van der Waals surface area contributed by atoms with Crippen molar-refractivity contribution in [3.05, 3.63) is 23.8 Å². The van der Waals surface area contributed by atoms with Crippen molar-refractivity contribution in [2.75, 3.05) is 0 Å². The molecule has 0 N–H and O–H groups in total. The van der Waals surface area contributed by atoms with Gasteiger partial charge in [0.25, 0.3) is 0 Å². The molecule has 0 aliphatic carbocycles. The highest BCUT2D eigenvalue weighted by Crippen LogP contribution is 1.93. The van der Waals surface area contributed by atoms with Gasteiger partial charge in [-0.05, 0) is 33.3 Å². The van der Waals surface area contributed by atoms with E-state index in [1.54, 1.807) is 0 Å². The molecule has 0 fully saturated rings. The molecule has 0 saturated heterocycles. The van der Waals surface area contributed by atoms with Gasteiger partial charge in [-0.1, -0.05) is 25.0 Å². The fraction of sp³-hybridized carbons (Fsp3) is 0.462. The summed E-state index contributed by atoms with van der Waals surface area (Å²) >= 11 is 0. The van der Waals surface area contributed by atoms with E-state index in [1.165, 1.54) is 0 Å². The van der Waals surface area contributed by atoms with Crippen molar-refractivity contribution < 1.29 is 0 Å². The van der Waals surface area contributed by atoms with Crippen LogP contribution in [0.5, 0.6) is 0 Å². The van der Waals surface area contributed by atoms with Gasteiger partial charge in [0.2, 0.25) is 0 Å². The van der Waals surface area contributed by atoms with Crippen molar-refractivity contribution in [1.29, 1.82) is 0 Å². The molecule has 0 aromatic rings. The van der Waals surface area contributed by atoms with Gasteiger partial charge in [0, 0.05) is 17.8 Å². The van der Waals surface area contributed by atoms with Crippen LogP contribution in [0.3, 0.4) is 0 Å². The predicted molar refractivity (Wildman–Crippen MR) is 64.6 cm³/mol. The van der Waals surface area contributed by atoms with Gasteiger partial charge in [0.15, 0.2) is 0 Å². The highest BCUT2D eigenvalue weighted by molar-refractivity contribution is 5.85. The van der Waals surface area contributed by atoms with Crippen LogP contribution < -0.4 is 0 Å². The molecular formula is C13H19N. The first-order valence-electron chi connectivity index (χ1n) is 5.03. The van der Waals surface area contributed by atoms with Crippen LogP contribution in [0.1, 0.15) is 34.1 Å². The quantitative estimate of drug-likeness (QED) is 0.365. The molecule has 0 radical (unpaired) electrons. The van der Waals surface area contributed by atoms with E-state index in [4.69, 9.17) is 0 Å². The Morgan fingerprint density at radius 2 is 2.14 bits per heavy atom. The minimum absolute atomic E-state index is 0.326. The molecule has 0 atom stereocenters. The van der Waals surface area contributed by atoms with E-state index in [9.17, 15) is 0 Å². The zero-order valence-corrected chi connectivity index (χ0v) is 9.54. The van der Waals surface area contributed by atoms with Gasteiger partial charge in [-0.15, -0.1) is 5.92 Å². The van der Waals surface area contributed by atoms with Gasteiger partial charge < -0.3 is 0 Å². The van der Waals surface area contributed by atoms with Crippen molar-refractivity contribution in [2.24, 2.45) is 4.99 Å². The summed E-state index contributed by atoms with van der Waals surface area (Å²) in [7, 11) is 0. The normalized spacial score (nSPS) is 12.5. The van der Waals surface area contributed by atoms with Crippen LogP contribution >= 0.6 is 0 Å². The first-order chi connectivity index (χ1) is 6.70. The van der Waals surface area contributed by atoms with Gasteiger partial charge in [0.1, 0.15) is 0 Å². The van der Waals surface area contributed by atoms with Crippen LogP contribution in [-0.4, -0.2) is 12.3 Å². The summed E-state index contributed by atoms with van der Waals surface area (Å²) in [6.45, 7) is 8.04. The molecule has 0 unspecified atom stereocenters. The average Bonchev–Trinajstić information content (AvgIpc) is 2.14. The second-order valence-corrected chi connectivity index (χ2v) is 3.21. The zero-order chi connectivity index (χ0) is 10.8. The lowest BCUT2D eigenvalue weighted by Gasteiger charge is -1.93. The minimum atomic E-state index is 0.326. The molecule has 14 heavy (non-hydrogen) atoms. The van der Waals surface area contributed by atoms with Crippen molar-refractivity contribution in [2.45, 2.75) is 40.2 Å². The molecule has 0 aliphatic rings. The summed E-state index contributed by atoms with van der Waals surface area (Å²) in [5.41, 5.74) is 0.964. The molecule has 76 valence electrons. The summed E-state index contributed by atoms with van der Waals surface area (Å²) in [5.74, 6) is 5.88. The lowest BCUT2D eigenvalue weighted by atomic mass is 10.2. The standard InChI is InChI=1S/C13H19N/c1-5-7-8-10-13(9-6-2)11-14-12(3)4/h7-8,10-12H,5H2,1-4H3/b8-7-,13-10+,14-11+. The molecule has 0 rings (SSSR count). The number of allylic oxidation sites excluding steroid dienone is 4. The van der Waals surface area contributed by atoms with Crippen LogP contribution in [-0.2, 0) is 0 Å². The van der Waals surface area contributed by atoms with E-state index in [0.29, 0.717) is 6.04 Å². The largest absolute Gasteiger partial charge is 0.289 e. The minimum Gasteiger partial charge on any atom is -0.289 e. The van der Waals surface area contributed by atoms with Crippen LogP contribution in [0, 0.1) is 11.8 Å². The highest BCUT2D eigenvalue weighted by Gasteiger charge is 1.86. The summed E-state index contributed by atoms with van der Waals surface area (Å²) in [5, 5.41) is 0. The van der Waals surface area contributed by atoms with E-state index in [1.807, 2.05) is 25.3 Å². The monoisotopic (exact) mass is 189 g/mol. The van der Waals surface area contributed by atoms with Crippen LogP contribution in [0.2, 0.25) is 0 Å². The van der Waals surface area contributed by atoms with Crippen molar-refractivity contribution in [3.63, 3.8) is 0 Å². The first-order valence-corrected chi connectivity index (χ1v) is 5.03. The molecule has 0 saturated carbocycles. The van der Waals surface area contributed by atoms with E-state index >= 15 is 0 Å². The molecule has 0 spiro atoms. The first kappa shape index (κ1) is 12.7. The Kier molecular flexibility index (Phi) is 7.55. The Balaban J connectivity index is 4.49. The predicted octanol–water partition coefficient (Wildman–Crippen LogP) is 3.38. The van der Waals surface area contributed by atoms with Crippen molar-refractivity contribution in [1.82, 2.24) is 0 Å². The number of hydrogen-bond acceptors (Lipinski definition) is 1. The third-order valence-corrected chi connectivity index (χ3v) is 1.43. The average molecular weight is 189 g/mol. The van der Waals surface area contributed by atoms with Crippen LogP contribution in [0.25, 0.3) is 0 Å². The van der Waals surface area contributed by atoms with E-state index < -0.39 is 0 Å². The molecule has 1 nitrogen and oxygen atoms in total. The Morgan fingerprint density at radius 1 is 1.43 bits per heavy atom. The van der Waals surface area contributed by atoms with E-state index in [0.717, 1.165) is 12.0 Å². The summed E-state index contributed by atoms with van der Waals surface area (Å²) in [6.07, 6.45) is 8.99. The smallest absolute Gasteiger partial charge is 0.0443 e. The number of aliphatic imine (C=N–C) groups is 1. The molecule has 0 bridgehead atoms. The van der Waals surface area contributed by atoms with Crippen LogP contribution in [0.4, 0.5) is 0 Å². The highest BCUT2D eigenvalue weighted by atomic mass is 14.7. The third kappa shape index (κ3) is 7.36. The SMILES string of the molecule is CC#CC(/C=N/C(C)C)=C\C=C/CC. The fourth-order valence-corrected chi connectivity index (χ4v) is 0.798. The molecule has 0 aromatic carbocycles. The number of nitrogens with zero attached hydrogens (tertiary/aromatic N) is 1. The zero-order valence-electron chi connectivity index (χ0n) is 9.54. The van der Waals surface area contributed by atoms with Gasteiger partial charge in [-0.2, -0.15) is 0 Å². The van der Waals surface area contributed by atoms with Crippen molar-refractivity contribution in [3.8, 4) is 11.8 Å². The second-order valence-electron chi connectivity index (χ2n) is 3.21. The Morgan fingerprint density at radius 3 is 2.64 bits per heavy atom. The maximum absolute atomic E-state index is 4.29. The number of hydrogen-bond donors (Lipinski definition) is 0. The fourth-order valence-electron chi connectivity index (χ4n) is 0.798. The maximum Gasteiger partial charge on any atom is 0.0443 e. The van der Waals surface area contributed by atoms with Gasteiger partial charge in [-0.3, -0.25) is 4.99 Å². The van der Waals surface area contributed by atoms with E-state index in [-0.39, 0.29) is 0 Å². The Hall–Kier alpha value is -1.29. The summed E-state index contributed by atoms with van der Waals surface area (Å²) < 4.78 is 0. The van der Waals surface area contributed by atoms with Gasteiger partial charge in [-0.25, -0.2) is 0 Å². The lowest BCUT2D eigenvalue weighted by molar-refractivity contribution is 0.841. The van der Waals surface area contributed by atoms with Crippen LogP contribution in [0.15, 0.2) is 28.8 Å². The van der Waals surface area contributed by atoms with E-state index in [2.05, 4.69) is 43.7 Å². The molecule has 0 aromatic heterocycles. The lowest BCUT2D eigenvalue weighted by Crippen LogP contribution is -1.90. The maximum atomic E-state index is 4.29. The molecule has 1 heteroatoms. The Bertz CT molecular complexity index is 282. The second kappa shape index (κ2) is 8.31. The summed E-state index contributed by atoms with van der Waals surface area (Å²) in [4.78, 5) is 4.29. The van der Waals surface area contributed by atoms with Gasteiger partial charge >= 0.3 is 0 Å². The van der Waals surface area contributed by atoms with Gasteiger partial charge in [0.05, 0.1) is 0 Å². The third-order valence-electron chi connectivity index (χ3n) is 1.43. The van der Waals surface area contributed by atoms with Crippen molar-refractivity contribution >= 4 is 6.21 Å². The molecule has 0 aliphatic heterocycles.